The van der Waals surface area contributed by atoms with Crippen LogP contribution in [0.15, 0.2) is 18.2 Å². The van der Waals surface area contributed by atoms with Crippen molar-refractivity contribution >= 4 is 17.7 Å². The van der Waals surface area contributed by atoms with Crippen molar-refractivity contribution in [3.63, 3.8) is 0 Å². The first kappa shape index (κ1) is 24.3. The van der Waals surface area contributed by atoms with Crippen LogP contribution in [0, 0.1) is 11.3 Å². The van der Waals surface area contributed by atoms with Gasteiger partial charge in [-0.25, -0.2) is 4.79 Å². The largest absolute Gasteiger partial charge is 0.444 e. The van der Waals surface area contributed by atoms with Crippen LogP contribution >= 0.6 is 0 Å². The van der Waals surface area contributed by atoms with E-state index in [4.69, 9.17) is 4.74 Å². The summed E-state index contributed by atoms with van der Waals surface area (Å²) < 4.78 is 43.9. The van der Waals surface area contributed by atoms with Gasteiger partial charge in [0.25, 0.3) is 0 Å². The van der Waals surface area contributed by atoms with E-state index in [-0.39, 0.29) is 17.5 Å². The van der Waals surface area contributed by atoms with Crippen molar-refractivity contribution in [2.75, 3.05) is 18.0 Å². The summed E-state index contributed by atoms with van der Waals surface area (Å²) in [4.78, 5) is 26.3. The molecule has 2 unspecified atom stereocenters. The zero-order valence-corrected chi connectivity index (χ0v) is 18.0. The van der Waals surface area contributed by atoms with Crippen LogP contribution in [0.4, 0.5) is 23.7 Å². The van der Waals surface area contributed by atoms with E-state index in [1.54, 1.807) is 32.6 Å². The number of alkyl carbamates (subject to hydrolysis) is 1. The molecule has 0 radical (unpaired) electrons. The fraction of sp³-hybridized carbons (Fsp3) is 0.571. The normalized spacial score (nSPS) is 17.6. The molecule has 7 nitrogen and oxygen atoms in total. The van der Waals surface area contributed by atoms with Gasteiger partial charge in [-0.15, -0.1) is 0 Å². The van der Waals surface area contributed by atoms with Crippen LogP contribution in [0.5, 0.6) is 0 Å². The fourth-order valence-electron chi connectivity index (χ4n) is 3.28. The number of nitrogens with zero attached hydrogens (tertiary/aromatic N) is 2. The number of nitrogens with one attached hydrogen (secondary N) is 2. The molecule has 1 heterocycles. The monoisotopic (exact) mass is 440 g/mol. The first-order valence-electron chi connectivity index (χ1n) is 10.00. The number of alkyl halides is 3. The van der Waals surface area contributed by atoms with Gasteiger partial charge in [-0.3, -0.25) is 4.79 Å². The molecule has 31 heavy (non-hydrogen) atoms. The first-order chi connectivity index (χ1) is 14.3. The van der Waals surface area contributed by atoms with Crippen LogP contribution in [0.25, 0.3) is 0 Å². The van der Waals surface area contributed by atoms with Crippen molar-refractivity contribution < 1.29 is 27.5 Å². The molecule has 2 amide bonds. The molecule has 1 saturated heterocycles. The molecule has 1 fully saturated rings. The molecule has 0 spiro atoms. The topological polar surface area (TPSA) is 94.5 Å². The Morgan fingerprint density at radius 3 is 2.55 bits per heavy atom. The van der Waals surface area contributed by atoms with E-state index in [1.807, 2.05) is 6.07 Å². The van der Waals surface area contributed by atoms with Crippen molar-refractivity contribution in [1.29, 1.82) is 5.26 Å². The minimum atomic E-state index is -4.53. The number of carbonyl (C=O) groups is 2. The molecule has 2 rings (SSSR count). The highest BCUT2D eigenvalue weighted by molar-refractivity contribution is 5.86. The lowest BCUT2D eigenvalue weighted by Gasteiger charge is -2.24. The van der Waals surface area contributed by atoms with E-state index in [0.29, 0.717) is 31.6 Å². The Balaban J connectivity index is 2.00. The average Bonchev–Trinajstić information content (AvgIpc) is 3.11. The molecule has 1 aromatic carbocycles. The highest BCUT2D eigenvalue weighted by atomic mass is 19.4. The number of ether oxygens (including phenoxy) is 1. The Morgan fingerprint density at radius 1 is 1.32 bits per heavy atom. The number of hydrogen-bond donors (Lipinski definition) is 2. The molecule has 2 atom stereocenters. The smallest absolute Gasteiger partial charge is 0.416 e. The number of carbonyl (C=O) groups excluding carboxylic acids is 2. The molecular formula is C21H27F3N4O3. The van der Waals surface area contributed by atoms with Crippen LogP contribution in [0.2, 0.25) is 0 Å². The number of hydrogen-bond acceptors (Lipinski definition) is 5. The summed E-state index contributed by atoms with van der Waals surface area (Å²) in [6, 6.07) is 3.84. The van der Waals surface area contributed by atoms with E-state index in [1.165, 1.54) is 6.07 Å². The number of benzene rings is 1. The lowest BCUT2D eigenvalue weighted by atomic mass is 10.1. The second-order valence-corrected chi connectivity index (χ2v) is 8.39. The van der Waals surface area contributed by atoms with Gasteiger partial charge >= 0.3 is 12.3 Å². The van der Waals surface area contributed by atoms with Gasteiger partial charge in [0, 0.05) is 19.1 Å². The lowest BCUT2D eigenvalue weighted by molar-refractivity contribution is -0.137. The molecule has 0 aromatic heterocycles. The molecule has 1 aliphatic heterocycles. The molecule has 170 valence electrons. The van der Waals surface area contributed by atoms with Crippen LogP contribution in [0.1, 0.15) is 51.7 Å². The summed E-state index contributed by atoms with van der Waals surface area (Å²) >= 11 is 0. The van der Waals surface area contributed by atoms with Crippen LogP contribution in [-0.4, -0.2) is 42.8 Å². The van der Waals surface area contributed by atoms with Crippen LogP contribution < -0.4 is 15.5 Å². The zero-order valence-electron chi connectivity index (χ0n) is 18.0. The Kier molecular flexibility index (Phi) is 7.41. The van der Waals surface area contributed by atoms with E-state index < -0.39 is 29.5 Å². The van der Waals surface area contributed by atoms with Gasteiger partial charge in [0.2, 0.25) is 5.91 Å². The van der Waals surface area contributed by atoms with Gasteiger partial charge in [-0.05, 0) is 51.8 Å². The summed E-state index contributed by atoms with van der Waals surface area (Å²) in [7, 11) is 0. The summed E-state index contributed by atoms with van der Waals surface area (Å²) in [5, 5.41) is 14.7. The standard InChI is InChI=1S/C21H27F3N4O3/c1-5-16(27-19(30)31-20(2,3)4)18(29)26-15-8-9-28(12-15)17-7-6-14(21(22,23)24)10-13(17)11-25/h6-7,10,15-16H,5,8-9,12H2,1-4H3,(H,26,29)(H,27,30). The minimum Gasteiger partial charge on any atom is -0.444 e. The van der Waals surface area contributed by atoms with E-state index in [2.05, 4.69) is 10.6 Å². The average molecular weight is 440 g/mol. The van der Waals surface area contributed by atoms with Crippen LogP contribution in [-0.2, 0) is 15.7 Å². The second kappa shape index (κ2) is 9.45. The van der Waals surface area contributed by atoms with Crippen molar-refractivity contribution in [3.8, 4) is 6.07 Å². The number of amides is 2. The summed E-state index contributed by atoms with van der Waals surface area (Å²) in [5.41, 5.74) is -1.24. The Hall–Kier alpha value is -2.96. The Morgan fingerprint density at radius 2 is 2.00 bits per heavy atom. The van der Waals surface area contributed by atoms with Gasteiger partial charge in [0.15, 0.2) is 0 Å². The quantitative estimate of drug-likeness (QED) is 0.730. The molecule has 10 heteroatoms. The molecule has 1 aliphatic rings. The van der Waals surface area contributed by atoms with Gasteiger partial charge in [-0.2, -0.15) is 18.4 Å². The molecule has 0 aliphatic carbocycles. The van der Waals surface area contributed by atoms with Crippen molar-refractivity contribution in [2.45, 2.75) is 64.4 Å². The van der Waals surface area contributed by atoms with Gasteiger partial charge < -0.3 is 20.3 Å². The lowest BCUT2D eigenvalue weighted by Crippen LogP contribution is -2.50. The summed E-state index contributed by atoms with van der Waals surface area (Å²) in [6.45, 7) is 7.73. The zero-order chi connectivity index (χ0) is 23.4. The highest BCUT2D eigenvalue weighted by Crippen LogP contribution is 2.33. The third kappa shape index (κ3) is 6.77. The van der Waals surface area contributed by atoms with Crippen molar-refractivity contribution in [1.82, 2.24) is 10.6 Å². The van der Waals surface area contributed by atoms with E-state index in [0.717, 1.165) is 12.1 Å². The molecule has 1 aromatic rings. The van der Waals surface area contributed by atoms with Crippen molar-refractivity contribution in [3.05, 3.63) is 29.3 Å². The third-order valence-electron chi connectivity index (χ3n) is 4.74. The molecule has 2 N–H and O–H groups in total. The van der Waals surface area contributed by atoms with E-state index in [9.17, 15) is 28.0 Å². The predicted molar refractivity (Wildman–Crippen MR) is 108 cm³/mol. The Labute approximate surface area is 179 Å². The number of anilines is 1. The van der Waals surface area contributed by atoms with E-state index >= 15 is 0 Å². The molecule has 0 bridgehead atoms. The third-order valence-corrected chi connectivity index (χ3v) is 4.74. The first-order valence-corrected chi connectivity index (χ1v) is 10.00. The highest BCUT2D eigenvalue weighted by Gasteiger charge is 2.33. The second-order valence-electron chi connectivity index (χ2n) is 8.39. The Bertz CT molecular complexity index is 859. The number of nitriles is 1. The number of halogens is 3. The van der Waals surface area contributed by atoms with Crippen molar-refractivity contribution in [2.24, 2.45) is 0 Å². The summed E-state index contributed by atoms with van der Waals surface area (Å²) in [6.07, 6.45) is -4.30. The predicted octanol–water partition coefficient (Wildman–Crippen LogP) is 3.58. The maximum absolute atomic E-state index is 12.9. The fourth-order valence-corrected chi connectivity index (χ4v) is 3.28. The van der Waals surface area contributed by atoms with Gasteiger partial charge in [-0.1, -0.05) is 6.92 Å². The summed E-state index contributed by atoms with van der Waals surface area (Å²) in [5.74, 6) is -0.367. The SMILES string of the molecule is CCC(NC(=O)OC(C)(C)C)C(=O)NC1CCN(c2ccc(C(F)(F)F)cc2C#N)C1. The van der Waals surface area contributed by atoms with Gasteiger partial charge in [0.05, 0.1) is 16.8 Å². The number of rotatable bonds is 5. The van der Waals surface area contributed by atoms with Gasteiger partial charge in [0.1, 0.15) is 17.7 Å². The molecule has 0 saturated carbocycles. The minimum absolute atomic E-state index is 0.0696. The molecular weight excluding hydrogens is 413 g/mol. The maximum atomic E-state index is 12.9. The van der Waals surface area contributed by atoms with Crippen LogP contribution in [0.3, 0.4) is 0 Å². The maximum Gasteiger partial charge on any atom is 0.416 e.